The molecule has 0 unspecified atom stereocenters. The molecular weight excluding hydrogens is 496 g/mol. The smallest absolute Gasteiger partial charge is 0.295 e. The van der Waals surface area contributed by atoms with Crippen molar-refractivity contribution in [3.05, 3.63) is 94.6 Å². The first-order valence-corrected chi connectivity index (χ1v) is 12.8. The molecule has 0 spiro atoms. The van der Waals surface area contributed by atoms with E-state index in [1.807, 2.05) is 56.3 Å². The third-order valence-electron chi connectivity index (χ3n) is 6.75. The summed E-state index contributed by atoms with van der Waals surface area (Å²) in [5.41, 5.74) is 2.76. The summed E-state index contributed by atoms with van der Waals surface area (Å²) in [7, 11) is 5.30. The maximum Gasteiger partial charge on any atom is 0.295 e. The van der Waals surface area contributed by atoms with Crippen LogP contribution in [-0.4, -0.2) is 66.0 Å². The van der Waals surface area contributed by atoms with Crippen molar-refractivity contribution >= 4 is 17.4 Å². The van der Waals surface area contributed by atoms with E-state index in [0.717, 1.165) is 17.7 Å². The fourth-order valence-electron chi connectivity index (χ4n) is 4.73. The van der Waals surface area contributed by atoms with Crippen LogP contribution in [0.2, 0.25) is 0 Å². The lowest BCUT2D eigenvalue weighted by atomic mass is 9.94. The van der Waals surface area contributed by atoms with Gasteiger partial charge in [-0.2, -0.15) is 0 Å². The van der Waals surface area contributed by atoms with Gasteiger partial charge in [0.2, 0.25) is 0 Å². The number of methoxy groups -OCH3 is 1. The van der Waals surface area contributed by atoms with Crippen LogP contribution in [0, 0.1) is 6.92 Å². The molecule has 0 radical (unpaired) electrons. The monoisotopic (exact) mass is 530 g/mol. The molecule has 204 valence electrons. The van der Waals surface area contributed by atoms with Crippen molar-refractivity contribution in [3.8, 4) is 17.2 Å². The van der Waals surface area contributed by atoms with Crippen molar-refractivity contribution in [2.45, 2.75) is 26.0 Å². The van der Waals surface area contributed by atoms with Crippen molar-refractivity contribution in [1.29, 1.82) is 0 Å². The molecule has 1 amide bonds. The van der Waals surface area contributed by atoms with Gasteiger partial charge in [0.05, 0.1) is 18.7 Å². The molecule has 4 rings (SSSR count). The van der Waals surface area contributed by atoms with Gasteiger partial charge in [-0.25, -0.2) is 0 Å². The lowest BCUT2D eigenvalue weighted by Crippen LogP contribution is -2.32. The Morgan fingerprint density at radius 3 is 2.41 bits per heavy atom. The van der Waals surface area contributed by atoms with E-state index < -0.39 is 17.7 Å². The van der Waals surface area contributed by atoms with Crippen molar-refractivity contribution in [2.75, 3.05) is 34.3 Å². The van der Waals surface area contributed by atoms with Gasteiger partial charge in [-0.05, 0) is 81.0 Å². The topological polar surface area (TPSA) is 99.5 Å². The van der Waals surface area contributed by atoms with Crippen LogP contribution in [-0.2, 0) is 16.2 Å². The minimum Gasteiger partial charge on any atom is -0.507 e. The summed E-state index contributed by atoms with van der Waals surface area (Å²) in [6, 6.07) is 18.8. The number of aromatic hydroxyl groups is 1. The highest BCUT2D eigenvalue weighted by Gasteiger charge is 2.46. The Labute approximate surface area is 228 Å². The molecule has 1 aliphatic rings. The van der Waals surface area contributed by atoms with Crippen LogP contribution in [0.1, 0.15) is 34.7 Å². The van der Waals surface area contributed by atoms with E-state index in [0.29, 0.717) is 36.4 Å². The fourth-order valence-corrected chi connectivity index (χ4v) is 4.73. The fraction of sp³-hybridized carbons (Fsp3) is 0.290. The van der Waals surface area contributed by atoms with Gasteiger partial charge in [0.25, 0.3) is 11.7 Å². The number of rotatable bonds is 10. The van der Waals surface area contributed by atoms with E-state index in [1.54, 1.807) is 30.3 Å². The molecule has 8 nitrogen and oxygen atoms in total. The van der Waals surface area contributed by atoms with Gasteiger partial charge < -0.3 is 29.5 Å². The molecule has 0 aromatic heterocycles. The summed E-state index contributed by atoms with van der Waals surface area (Å²) in [5.74, 6) is -0.893. The number of aliphatic hydroxyl groups is 1. The number of hydrogen-bond donors (Lipinski definition) is 2. The first-order valence-electron chi connectivity index (χ1n) is 12.8. The number of carbonyl (C=O) groups is 2. The Bertz CT molecular complexity index is 1380. The maximum atomic E-state index is 13.3. The summed E-state index contributed by atoms with van der Waals surface area (Å²) in [4.78, 5) is 30.0. The molecule has 3 aromatic rings. The van der Waals surface area contributed by atoms with Crippen LogP contribution in [0.4, 0.5) is 0 Å². The number of ketones is 1. The van der Waals surface area contributed by atoms with E-state index in [4.69, 9.17) is 9.47 Å². The zero-order valence-electron chi connectivity index (χ0n) is 22.7. The van der Waals surface area contributed by atoms with Crippen LogP contribution in [0.3, 0.4) is 0 Å². The second-order valence-corrected chi connectivity index (χ2v) is 9.84. The normalized spacial score (nSPS) is 16.6. The zero-order valence-corrected chi connectivity index (χ0v) is 22.7. The lowest BCUT2D eigenvalue weighted by molar-refractivity contribution is -0.139. The van der Waals surface area contributed by atoms with E-state index in [1.165, 1.54) is 18.1 Å². The molecular formula is C31H34N2O6. The second-order valence-electron chi connectivity index (χ2n) is 9.84. The summed E-state index contributed by atoms with van der Waals surface area (Å²) in [5, 5.41) is 21.6. The molecule has 1 aliphatic heterocycles. The number of aliphatic hydroxyl groups excluding tert-OH is 1. The first kappa shape index (κ1) is 27.7. The summed E-state index contributed by atoms with van der Waals surface area (Å²) in [6.45, 7) is 3.30. The first-order chi connectivity index (χ1) is 18.7. The Balaban J connectivity index is 1.71. The number of aryl methyl sites for hydroxylation is 1. The molecule has 0 saturated carbocycles. The molecule has 39 heavy (non-hydrogen) atoms. The van der Waals surface area contributed by atoms with E-state index >= 15 is 0 Å². The molecule has 1 atom stereocenters. The van der Waals surface area contributed by atoms with Gasteiger partial charge in [-0.3, -0.25) is 9.59 Å². The number of Topliss-reactive ketones (excluding diaryl/α,β-unsaturated/α-hetero) is 1. The molecule has 2 N–H and O–H groups in total. The Kier molecular flexibility index (Phi) is 8.56. The Morgan fingerprint density at radius 2 is 1.74 bits per heavy atom. The van der Waals surface area contributed by atoms with Crippen molar-refractivity contribution < 1.29 is 29.3 Å². The van der Waals surface area contributed by atoms with Crippen molar-refractivity contribution in [2.24, 2.45) is 0 Å². The quantitative estimate of drug-likeness (QED) is 0.223. The van der Waals surface area contributed by atoms with Gasteiger partial charge >= 0.3 is 0 Å². The van der Waals surface area contributed by atoms with Gasteiger partial charge in [-0.15, -0.1) is 0 Å². The number of phenolic OH excluding ortho intramolecular Hbond substituents is 1. The zero-order chi connectivity index (χ0) is 28.1. The lowest BCUT2D eigenvalue weighted by Gasteiger charge is -2.26. The highest BCUT2D eigenvalue weighted by molar-refractivity contribution is 6.46. The molecule has 0 bridgehead atoms. The number of phenols is 1. The second kappa shape index (κ2) is 12.0. The van der Waals surface area contributed by atoms with Crippen molar-refractivity contribution in [3.63, 3.8) is 0 Å². The number of nitrogens with zero attached hydrogens (tertiary/aromatic N) is 2. The average Bonchev–Trinajstić information content (AvgIpc) is 3.17. The summed E-state index contributed by atoms with van der Waals surface area (Å²) in [6.07, 6.45) is 0.637. The van der Waals surface area contributed by atoms with Crippen LogP contribution in [0.15, 0.2) is 72.3 Å². The van der Waals surface area contributed by atoms with Crippen LogP contribution in [0.5, 0.6) is 17.2 Å². The standard InChI is InChI=1S/C31H34N2O6/c1-20-17-23(12-14-25(20)39-19-21-9-6-5-7-10-21)29(35)27-28(22-11-13-24(34)26(18-22)38-4)33(31(37)30(27)36)16-8-15-32(2)3/h5-7,9-14,17-18,28,34-35H,8,15-16,19H2,1-4H3/t28-/m1/s1. The third-order valence-corrected chi connectivity index (χ3v) is 6.75. The van der Waals surface area contributed by atoms with Gasteiger partial charge in [0.1, 0.15) is 18.1 Å². The maximum absolute atomic E-state index is 13.3. The minimum absolute atomic E-state index is 0.00468. The molecule has 3 aromatic carbocycles. The number of ether oxygens (including phenoxy) is 2. The number of hydrogen-bond acceptors (Lipinski definition) is 7. The number of benzene rings is 3. The average molecular weight is 531 g/mol. The molecule has 1 fully saturated rings. The van der Waals surface area contributed by atoms with Crippen molar-refractivity contribution in [1.82, 2.24) is 9.80 Å². The Hall–Kier alpha value is -4.30. The van der Waals surface area contributed by atoms with E-state index in [-0.39, 0.29) is 22.8 Å². The van der Waals surface area contributed by atoms with Crippen LogP contribution < -0.4 is 9.47 Å². The Morgan fingerprint density at radius 1 is 1.00 bits per heavy atom. The van der Waals surface area contributed by atoms with Gasteiger partial charge in [0, 0.05) is 12.1 Å². The van der Waals surface area contributed by atoms with Crippen LogP contribution >= 0.6 is 0 Å². The third kappa shape index (κ3) is 6.07. The SMILES string of the molecule is COc1cc([C@@H]2C(=C(O)c3ccc(OCc4ccccc4)c(C)c3)C(=O)C(=O)N2CCCN(C)C)ccc1O. The minimum atomic E-state index is -0.837. The number of likely N-dealkylation sites (tertiary alicyclic amines) is 1. The largest absolute Gasteiger partial charge is 0.507 e. The van der Waals surface area contributed by atoms with Gasteiger partial charge in [-0.1, -0.05) is 36.4 Å². The highest BCUT2D eigenvalue weighted by Crippen LogP contribution is 2.42. The van der Waals surface area contributed by atoms with Crippen LogP contribution in [0.25, 0.3) is 5.76 Å². The predicted molar refractivity (Wildman–Crippen MR) is 149 cm³/mol. The molecule has 1 saturated heterocycles. The molecule has 8 heteroatoms. The number of carbonyl (C=O) groups excluding carboxylic acids is 2. The van der Waals surface area contributed by atoms with E-state index in [9.17, 15) is 19.8 Å². The number of amides is 1. The molecule has 1 heterocycles. The highest BCUT2D eigenvalue weighted by atomic mass is 16.5. The predicted octanol–water partition coefficient (Wildman–Crippen LogP) is 4.66. The summed E-state index contributed by atoms with van der Waals surface area (Å²) < 4.78 is 11.2. The van der Waals surface area contributed by atoms with E-state index in [2.05, 4.69) is 0 Å². The van der Waals surface area contributed by atoms with Gasteiger partial charge in [0.15, 0.2) is 11.5 Å². The summed E-state index contributed by atoms with van der Waals surface area (Å²) >= 11 is 0. The molecule has 0 aliphatic carbocycles.